The maximum Gasteiger partial charge on any atom is 0.332 e. The summed E-state index contributed by atoms with van der Waals surface area (Å²) in [5.74, 6) is -2.76. The number of anilines is 2. The normalized spacial score (nSPS) is 15.3. The number of amides is 6. The van der Waals surface area contributed by atoms with E-state index in [1.807, 2.05) is 36.6 Å². The van der Waals surface area contributed by atoms with Crippen molar-refractivity contribution in [1.29, 1.82) is 0 Å². The van der Waals surface area contributed by atoms with Gasteiger partial charge in [0.15, 0.2) is 0 Å². The maximum atomic E-state index is 14.3. The van der Waals surface area contributed by atoms with Gasteiger partial charge in [-0.05, 0) is 56.2 Å². The number of benzene rings is 3. The van der Waals surface area contributed by atoms with Crippen molar-refractivity contribution in [2.75, 3.05) is 22.9 Å². The Bertz CT molecular complexity index is 1760. The molecule has 0 aliphatic carbocycles. The lowest BCUT2D eigenvalue weighted by Crippen LogP contribution is -2.54. The van der Waals surface area contributed by atoms with Gasteiger partial charge in [-0.1, -0.05) is 55.5 Å². The molecule has 0 bridgehead atoms. The number of ether oxygens (including phenoxy) is 1. The first-order chi connectivity index (χ1) is 23.3. The zero-order valence-electron chi connectivity index (χ0n) is 27.9. The summed E-state index contributed by atoms with van der Waals surface area (Å²) >= 11 is 0. The smallest absolute Gasteiger partial charge is 0.332 e. The van der Waals surface area contributed by atoms with Gasteiger partial charge in [-0.15, -0.1) is 0 Å². The molecule has 14 nitrogen and oxygen atoms in total. The van der Waals surface area contributed by atoms with Crippen molar-refractivity contribution in [3.05, 3.63) is 72.3 Å². The predicted molar refractivity (Wildman–Crippen MR) is 185 cm³/mol. The molecule has 258 valence electrons. The van der Waals surface area contributed by atoms with Crippen LogP contribution in [0, 0.1) is 0 Å². The molecule has 0 saturated carbocycles. The van der Waals surface area contributed by atoms with Crippen molar-refractivity contribution in [3.8, 4) is 0 Å². The van der Waals surface area contributed by atoms with Crippen molar-refractivity contribution in [3.63, 3.8) is 0 Å². The molecule has 5 N–H and O–H groups in total. The standard InChI is InChI=1S/C35H41N7O7/c1-5-11-30(44)41-20-26(39-32(46)25-15-10-13-22-12-6-7-14-24(22)25)33(47)42(28-17-9-8-16-27(28)41)21-29(43)38-23(19-37-40-34(36)48)18-31(45)49-35(2,3)4/h6-10,12-17,19,23,26H,5,11,18,20-21H2,1-4H3,(H,38,43)(H,39,46)(H3,36,40,48)/b37-19+/t23-,26-/m0/s1. The Balaban J connectivity index is 1.66. The van der Waals surface area contributed by atoms with Crippen LogP contribution in [0.2, 0.25) is 0 Å². The number of hydrogen-bond acceptors (Lipinski definition) is 8. The molecule has 0 fully saturated rings. The Kier molecular flexibility index (Phi) is 11.7. The third-order valence-corrected chi connectivity index (χ3v) is 7.38. The number of nitrogens with zero attached hydrogens (tertiary/aromatic N) is 3. The van der Waals surface area contributed by atoms with Crippen LogP contribution in [0.3, 0.4) is 0 Å². The van der Waals surface area contributed by atoms with Crippen LogP contribution in [0.5, 0.6) is 0 Å². The third kappa shape index (κ3) is 9.62. The molecule has 1 aliphatic rings. The van der Waals surface area contributed by atoms with Gasteiger partial charge in [-0.25, -0.2) is 10.2 Å². The average molecular weight is 672 g/mol. The highest BCUT2D eigenvalue weighted by Gasteiger charge is 2.38. The second-order valence-corrected chi connectivity index (χ2v) is 12.4. The molecule has 0 aromatic heterocycles. The van der Waals surface area contributed by atoms with Crippen LogP contribution in [0.4, 0.5) is 16.2 Å². The highest BCUT2D eigenvalue weighted by molar-refractivity contribution is 6.13. The van der Waals surface area contributed by atoms with Crippen LogP contribution in [0.15, 0.2) is 71.8 Å². The first-order valence-corrected chi connectivity index (χ1v) is 15.9. The van der Waals surface area contributed by atoms with E-state index in [9.17, 15) is 28.8 Å². The molecule has 3 aromatic carbocycles. The van der Waals surface area contributed by atoms with Gasteiger partial charge in [0.1, 0.15) is 18.2 Å². The molecule has 0 saturated heterocycles. The molecule has 2 atom stereocenters. The molecular formula is C35H41N7O7. The third-order valence-electron chi connectivity index (χ3n) is 7.38. The summed E-state index contributed by atoms with van der Waals surface area (Å²) in [7, 11) is 0. The average Bonchev–Trinajstić information content (AvgIpc) is 3.14. The van der Waals surface area contributed by atoms with Crippen LogP contribution in [0.25, 0.3) is 10.8 Å². The first kappa shape index (κ1) is 36.1. The van der Waals surface area contributed by atoms with Gasteiger partial charge in [-0.2, -0.15) is 5.10 Å². The van der Waals surface area contributed by atoms with Crippen LogP contribution in [-0.2, 0) is 23.9 Å². The minimum atomic E-state index is -1.23. The molecule has 1 aliphatic heterocycles. The largest absolute Gasteiger partial charge is 0.460 e. The van der Waals surface area contributed by atoms with Gasteiger partial charge in [-0.3, -0.25) is 28.9 Å². The molecule has 3 aromatic rings. The number of primary amides is 1. The van der Waals surface area contributed by atoms with Gasteiger partial charge in [0.05, 0.1) is 30.4 Å². The first-order valence-electron chi connectivity index (χ1n) is 15.9. The topological polar surface area (TPSA) is 193 Å². The number of urea groups is 1. The van der Waals surface area contributed by atoms with Gasteiger partial charge in [0.2, 0.25) is 11.8 Å². The summed E-state index contributed by atoms with van der Waals surface area (Å²) in [5.41, 5.74) is 7.31. The second kappa shape index (κ2) is 15.9. The van der Waals surface area contributed by atoms with Crippen LogP contribution < -0.4 is 31.6 Å². The number of fused-ring (bicyclic) bond motifs is 2. The monoisotopic (exact) mass is 671 g/mol. The molecule has 6 amide bonds. The van der Waals surface area contributed by atoms with Crippen LogP contribution in [0.1, 0.15) is 57.3 Å². The number of hydrogen-bond donors (Lipinski definition) is 4. The van der Waals surface area contributed by atoms with Crippen molar-refractivity contribution >= 4 is 64.0 Å². The zero-order chi connectivity index (χ0) is 35.7. The Morgan fingerprint density at radius 3 is 2.37 bits per heavy atom. The fourth-order valence-electron chi connectivity index (χ4n) is 5.39. The van der Waals surface area contributed by atoms with E-state index in [-0.39, 0.29) is 31.0 Å². The van der Waals surface area contributed by atoms with E-state index in [0.29, 0.717) is 23.1 Å². The van der Waals surface area contributed by atoms with E-state index < -0.39 is 54.0 Å². The van der Waals surface area contributed by atoms with Crippen molar-refractivity contribution in [2.45, 2.75) is 64.6 Å². The Morgan fingerprint density at radius 2 is 1.67 bits per heavy atom. The van der Waals surface area contributed by atoms with E-state index in [0.717, 1.165) is 11.6 Å². The summed E-state index contributed by atoms with van der Waals surface area (Å²) in [6, 6.07) is 16.0. The number of hydrazone groups is 1. The summed E-state index contributed by atoms with van der Waals surface area (Å²) < 4.78 is 5.37. The predicted octanol–water partition coefficient (Wildman–Crippen LogP) is 2.99. The highest BCUT2D eigenvalue weighted by atomic mass is 16.6. The quantitative estimate of drug-likeness (QED) is 0.137. The fourth-order valence-corrected chi connectivity index (χ4v) is 5.39. The Labute approximate surface area is 284 Å². The number of para-hydroxylation sites is 2. The van der Waals surface area contributed by atoms with E-state index in [4.69, 9.17) is 10.5 Å². The van der Waals surface area contributed by atoms with Gasteiger partial charge < -0.3 is 26.0 Å². The number of nitrogens with two attached hydrogens (primary N) is 1. The summed E-state index contributed by atoms with van der Waals surface area (Å²) in [5, 5.41) is 10.7. The lowest BCUT2D eigenvalue weighted by molar-refractivity contribution is -0.155. The van der Waals surface area contributed by atoms with Crippen LogP contribution in [-0.4, -0.2) is 72.6 Å². The summed E-state index contributed by atoms with van der Waals surface area (Å²) in [6.45, 7) is 6.21. The van der Waals surface area contributed by atoms with E-state index in [1.54, 1.807) is 63.2 Å². The Morgan fingerprint density at radius 1 is 1.00 bits per heavy atom. The van der Waals surface area contributed by atoms with Crippen LogP contribution >= 0.6 is 0 Å². The number of carbonyl (C=O) groups excluding carboxylic acids is 6. The minimum absolute atomic E-state index is 0.171. The SMILES string of the molecule is CCCC(=O)N1C[C@H](NC(=O)c2cccc3ccccc23)C(=O)N(CC(=O)N[C@H](/C=N/NC(N)=O)CC(=O)OC(C)(C)C)c2ccccc21. The number of carbonyl (C=O) groups is 6. The molecular weight excluding hydrogens is 630 g/mol. The fraction of sp³-hybridized carbons (Fsp3) is 0.343. The molecule has 0 spiro atoms. The minimum Gasteiger partial charge on any atom is -0.460 e. The summed E-state index contributed by atoms with van der Waals surface area (Å²) in [4.78, 5) is 81.4. The second-order valence-electron chi connectivity index (χ2n) is 12.4. The molecule has 0 radical (unpaired) electrons. The molecule has 4 rings (SSSR count). The maximum absolute atomic E-state index is 14.3. The van der Waals surface area contributed by atoms with Gasteiger partial charge in [0, 0.05) is 18.2 Å². The lowest BCUT2D eigenvalue weighted by Gasteiger charge is -2.26. The number of esters is 1. The zero-order valence-corrected chi connectivity index (χ0v) is 27.9. The Hall–Kier alpha value is -5.79. The lowest BCUT2D eigenvalue weighted by atomic mass is 10.0. The van der Waals surface area contributed by atoms with E-state index >= 15 is 0 Å². The molecule has 0 unspecified atom stereocenters. The van der Waals surface area contributed by atoms with Crippen molar-refractivity contribution in [1.82, 2.24) is 16.1 Å². The van der Waals surface area contributed by atoms with E-state index in [2.05, 4.69) is 15.7 Å². The molecule has 1 heterocycles. The number of rotatable bonds is 11. The van der Waals surface area contributed by atoms with E-state index in [1.165, 1.54) is 9.80 Å². The molecule has 14 heteroatoms. The van der Waals surface area contributed by atoms with Crippen molar-refractivity contribution < 1.29 is 33.5 Å². The summed E-state index contributed by atoms with van der Waals surface area (Å²) in [6.07, 6.45) is 1.51. The van der Waals surface area contributed by atoms with Gasteiger partial charge >= 0.3 is 12.0 Å². The van der Waals surface area contributed by atoms with Gasteiger partial charge in [0.25, 0.3) is 11.8 Å². The molecule has 49 heavy (non-hydrogen) atoms. The highest BCUT2D eigenvalue weighted by Crippen LogP contribution is 2.33. The van der Waals surface area contributed by atoms with Crippen molar-refractivity contribution in [2.24, 2.45) is 10.8 Å². The number of nitrogens with one attached hydrogen (secondary N) is 3.